The van der Waals surface area contributed by atoms with Crippen LogP contribution < -0.4 is 5.32 Å². The summed E-state index contributed by atoms with van der Waals surface area (Å²) >= 11 is 5.50. The lowest BCUT2D eigenvalue weighted by molar-refractivity contribution is 0.649. The Morgan fingerprint density at radius 1 is 1.00 bits per heavy atom. The van der Waals surface area contributed by atoms with Crippen LogP contribution in [-0.4, -0.2) is 11.0 Å². The van der Waals surface area contributed by atoms with Gasteiger partial charge in [0.05, 0.1) is 0 Å². The van der Waals surface area contributed by atoms with Crippen LogP contribution in [0.1, 0.15) is 22.3 Å². The Hall–Kier alpha value is -1.67. The number of nitrogens with one attached hydrogen (secondary N) is 1. The predicted molar refractivity (Wildman–Crippen MR) is 83.7 cm³/mol. The molecular weight excluding hydrogens is 250 g/mol. The van der Waals surface area contributed by atoms with Crippen molar-refractivity contribution < 1.29 is 0 Å². The first kappa shape index (κ1) is 12.4. The molecule has 1 N–H and O–H groups in total. The van der Waals surface area contributed by atoms with E-state index in [0.29, 0.717) is 6.04 Å². The normalized spacial score (nSPS) is 14.2. The van der Waals surface area contributed by atoms with Crippen molar-refractivity contribution in [2.24, 2.45) is 0 Å². The second-order valence-electron chi connectivity index (χ2n) is 5.21. The van der Waals surface area contributed by atoms with E-state index in [2.05, 4.69) is 60.8 Å². The number of aryl methyl sites for hydroxylation is 1. The van der Waals surface area contributed by atoms with Gasteiger partial charge in [-0.2, -0.15) is 0 Å². The van der Waals surface area contributed by atoms with Crippen molar-refractivity contribution in [2.45, 2.75) is 25.8 Å². The molecule has 0 saturated heterocycles. The van der Waals surface area contributed by atoms with Crippen LogP contribution in [0.25, 0.3) is 0 Å². The highest BCUT2D eigenvalue weighted by Gasteiger charge is 2.21. The summed E-state index contributed by atoms with van der Waals surface area (Å²) in [6.45, 7) is 2.09. The smallest absolute Gasteiger partial charge is 0.106 e. The maximum absolute atomic E-state index is 5.50. The lowest BCUT2D eigenvalue weighted by Gasteiger charge is -2.14. The third-order valence-electron chi connectivity index (χ3n) is 3.70. The third kappa shape index (κ3) is 2.69. The zero-order chi connectivity index (χ0) is 13.2. The number of benzene rings is 2. The molecule has 0 saturated carbocycles. The van der Waals surface area contributed by atoms with Crippen LogP contribution in [0.3, 0.4) is 0 Å². The Morgan fingerprint density at radius 2 is 1.58 bits per heavy atom. The summed E-state index contributed by atoms with van der Waals surface area (Å²) in [4.78, 5) is 0.859. The molecule has 0 radical (unpaired) electrons. The summed E-state index contributed by atoms with van der Waals surface area (Å²) in [5.74, 6) is 0. The zero-order valence-electron chi connectivity index (χ0n) is 11.0. The summed E-state index contributed by atoms with van der Waals surface area (Å²) in [6.07, 6.45) is 2.14. The van der Waals surface area contributed by atoms with Gasteiger partial charge in [0.25, 0.3) is 0 Å². The first-order valence-corrected chi connectivity index (χ1v) is 7.07. The van der Waals surface area contributed by atoms with E-state index in [0.717, 1.165) is 23.4 Å². The molecule has 0 atom stereocenters. The molecule has 2 heteroatoms. The van der Waals surface area contributed by atoms with Crippen LogP contribution in [-0.2, 0) is 12.8 Å². The lowest BCUT2D eigenvalue weighted by atomic mass is 10.1. The molecule has 2 aromatic carbocycles. The molecular formula is C17H17NS. The molecule has 0 fully saturated rings. The van der Waals surface area contributed by atoms with E-state index in [9.17, 15) is 0 Å². The van der Waals surface area contributed by atoms with Gasteiger partial charge in [-0.15, -0.1) is 0 Å². The van der Waals surface area contributed by atoms with E-state index in [1.54, 1.807) is 0 Å². The monoisotopic (exact) mass is 267 g/mol. The van der Waals surface area contributed by atoms with Gasteiger partial charge in [0.1, 0.15) is 4.99 Å². The fraction of sp³-hybridized carbons (Fsp3) is 0.235. The molecule has 1 aliphatic carbocycles. The van der Waals surface area contributed by atoms with Gasteiger partial charge in [0.2, 0.25) is 0 Å². The van der Waals surface area contributed by atoms with Crippen LogP contribution in [0, 0.1) is 6.92 Å². The Balaban J connectivity index is 1.67. The van der Waals surface area contributed by atoms with Gasteiger partial charge < -0.3 is 5.32 Å². The molecule has 0 aliphatic heterocycles. The third-order valence-corrected chi connectivity index (χ3v) is 4.05. The molecule has 0 spiro atoms. The van der Waals surface area contributed by atoms with E-state index in [1.165, 1.54) is 16.7 Å². The number of thiocarbonyl (C=S) groups is 1. The summed E-state index contributed by atoms with van der Waals surface area (Å²) in [7, 11) is 0. The zero-order valence-corrected chi connectivity index (χ0v) is 11.8. The average molecular weight is 267 g/mol. The Labute approximate surface area is 119 Å². The number of hydrogen-bond donors (Lipinski definition) is 1. The van der Waals surface area contributed by atoms with Crippen molar-refractivity contribution >= 4 is 17.2 Å². The van der Waals surface area contributed by atoms with Gasteiger partial charge in [0.15, 0.2) is 0 Å². The van der Waals surface area contributed by atoms with Crippen LogP contribution >= 0.6 is 12.2 Å². The van der Waals surface area contributed by atoms with Gasteiger partial charge in [-0.05, 0) is 30.9 Å². The minimum Gasteiger partial charge on any atom is -0.372 e. The van der Waals surface area contributed by atoms with Crippen LogP contribution in [0.15, 0.2) is 48.5 Å². The van der Waals surface area contributed by atoms with Gasteiger partial charge in [-0.1, -0.05) is 66.3 Å². The van der Waals surface area contributed by atoms with Gasteiger partial charge in [-0.25, -0.2) is 0 Å². The molecule has 0 unspecified atom stereocenters. The first-order valence-electron chi connectivity index (χ1n) is 6.67. The molecule has 19 heavy (non-hydrogen) atoms. The van der Waals surface area contributed by atoms with Crippen molar-refractivity contribution in [3.63, 3.8) is 0 Å². The molecule has 0 bridgehead atoms. The fourth-order valence-electron chi connectivity index (χ4n) is 2.63. The van der Waals surface area contributed by atoms with Crippen molar-refractivity contribution in [1.82, 2.24) is 5.32 Å². The number of hydrogen-bond acceptors (Lipinski definition) is 1. The minimum atomic E-state index is 0.436. The van der Waals surface area contributed by atoms with Crippen LogP contribution in [0.4, 0.5) is 0 Å². The standard InChI is InChI=1S/C17H17NS/c1-12-6-8-13(9-7-12)17(19)18-16-10-14-4-2-3-5-15(14)11-16/h2-9,16H,10-11H2,1H3,(H,18,19). The molecule has 2 aromatic rings. The summed E-state index contributed by atoms with van der Waals surface area (Å²) in [5, 5.41) is 3.49. The van der Waals surface area contributed by atoms with Gasteiger partial charge in [-0.3, -0.25) is 0 Å². The van der Waals surface area contributed by atoms with Crippen molar-refractivity contribution in [3.8, 4) is 0 Å². The fourth-order valence-corrected chi connectivity index (χ4v) is 2.94. The molecule has 96 valence electrons. The quantitative estimate of drug-likeness (QED) is 0.837. The van der Waals surface area contributed by atoms with E-state index in [1.807, 2.05) is 0 Å². The second-order valence-corrected chi connectivity index (χ2v) is 5.62. The number of rotatable bonds is 2. The van der Waals surface area contributed by atoms with E-state index in [4.69, 9.17) is 12.2 Å². The summed E-state index contributed by atoms with van der Waals surface area (Å²) in [5.41, 5.74) is 5.27. The van der Waals surface area contributed by atoms with Crippen molar-refractivity contribution in [2.75, 3.05) is 0 Å². The van der Waals surface area contributed by atoms with Crippen molar-refractivity contribution in [3.05, 3.63) is 70.8 Å². The summed E-state index contributed by atoms with van der Waals surface area (Å²) in [6, 6.07) is 17.5. The summed E-state index contributed by atoms with van der Waals surface area (Å²) < 4.78 is 0. The minimum absolute atomic E-state index is 0.436. The van der Waals surface area contributed by atoms with E-state index in [-0.39, 0.29) is 0 Å². The van der Waals surface area contributed by atoms with Crippen LogP contribution in [0.5, 0.6) is 0 Å². The number of fused-ring (bicyclic) bond motifs is 1. The molecule has 0 aromatic heterocycles. The van der Waals surface area contributed by atoms with Crippen LogP contribution in [0.2, 0.25) is 0 Å². The lowest BCUT2D eigenvalue weighted by Crippen LogP contribution is -2.34. The molecule has 0 amide bonds. The highest BCUT2D eigenvalue weighted by atomic mass is 32.1. The second kappa shape index (κ2) is 5.14. The molecule has 1 nitrogen and oxygen atoms in total. The van der Waals surface area contributed by atoms with Gasteiger partial charge in [0, 0.05) is 11.6 Å². The molecule has 3 rings (SSSR count). The first-order chi connectivity index (χ1) is 9.22. The van der Waals surface area contributed by atoms with E-state index < -0.39 is 0 Å². The van der Waals surface area contributed by atoms with Gasteiger partial charge >= 0.3 is 0 Å². The highest BCUT2D eigenvalue weighted by Crippen LogP contribution is 2.22. The molecule has 1 aliphatic rings. The molecule has 0 heterocycles. The van der Waals surface area contributed by atoms with E-state index >= 15 is 0 Å². The maximum Gasteiger partial charge on any atom is 0.106 e. The largest absolute Gasteiger partial charge is 0.372 e. The highest BCUT2D eigenvalue weighted by molar-refractivity contribution is 7.80. The Kier molecular flexibility index (Phi) is 3.34. The van der Waals surface area contributed by atoms with Crippen molar-refractivity contribution in [1.29, 1.82) is 0 Å². The topological polar surface area (TPSA) is 12.0 Å². The maximum atomic E-state index is 5.50. The average Bonchev–Trinajstić information content (AvgIpc) is 2.81. The SMILES string of the molecule is Cc1ccc(C(=S)NC2Cc3ccccc3C2)cc1. The Morgan fingerprint density at radius 3 is 2.16 bits per heavy atom. The predicted octanol–water partition coefficient (Wildman–Crippen LogP) is 3.43. The Bertz CT molecular complexity index is 576.